The van der Waals surface area contributed by atoms with E-state index in [2.05, 4.69) is 37.3 Å². The van der Waals surface area contributed by atoms with E-state index in [1.54, 1.807) is 0 Å². The van der Waals surface area contributed by atoms with Crippen LogP contribution in [0.15, 0.2) is 12.2 Å². The molecule has 0 spiro atoms. The molecule has 2 fully saturated rings. The van der Waals surface area contributed by atoms with E-state index < -0.39 is 5.97 Å². The molecule has 2 heterocycles. The lowest BCUT2D eigenvalue weighted by Crippen LogP contribution is -2.53. The minimum absolute atomic E-state index is 0.0654. The Balaban J connectivity index is 1.58. The molecule has 7 heteroatoms. The molecule has 0 saturated carbocycles. The number of nitrogens with zero attached hydrogens (tertiary/aromatic N) is 1. The fourth-order valence-electron chi connectivity index (χ4n) is 3.66. The molecule has 21 heavy (non-hydrogen) atoms. The van der Waals surface area contributed by atoms with Crippen LogP contribution in [0, 0.1) is 0 Å². The Labute approximate surface area is 127 Å². The topological polar surface area (TPSA) is 76.6 Å². The van der Waals surface area contributed by atoms with E-state index in [1.807, 2.05) is 4.90 Å². The second-order valence-corrected chi connectivity index (χ2v) is 6.72. The highest BCUT2D eigenvalue weighted by Crippen LogP contribution is 2.25. The molecule has 0 bridgehead atoms. The van der Waals surface area contributed by atoms with Crippen molar-refractivity contribution >= 4 is 15.1 Å². The number of carbonyl (C=O) groups excluding carboxylic acids is 1. The molecule has 2 saturated heterocycles. The van der Waals surface area contributed by atoms with Gasteiger partial charge in [-0.2, -0.15) is 0 Å². The van der Waals surface area contributed by atoms with Gasteiger partial charge in [0.05, 0.1) is 18.8 Å². The van der Waals surface area contributed by atoms with E-state index in [0.717, 1.165) is 32.2 Å². The molecule has 118 valence electrons. The Bertz CT molecular complexity index is 402. The zero-order valence-electron chi connectivity index (χ0n) is 12.2. The first-order valence-electron chi connectivity index (χ1n) is 7.79. The van der Waals surface area contributed by atoms with Gasteiger partial charge in [0.1, 0.15) is 5.97 Å². The van der Waals surface area contributed by atoms with Crippen LogP contribution in [-0.2, 0) is 4.79 Å². The third-order valence-electron chi connectivity index (χ3n) is 4.69. The van der Waals surface area contributed by atoms with Crippen LogP contribution in [0.1, 0.15) is 25.7 Å². The predicted molar refractivity (Wildman–Crippen MR) is 84.5 cm³/mol. The zero-order chi connectivity index (χ0) is 14.8. The van der Waals surface area contributed by atoms with Crippen LogP contribution in [0.4, 0.5) is 0 Å². The smallest absolute Gasteiger partial charge is 0.236 e. The summed E-state index contributed by atoms with van der Waals surface area (Å²) in [6.07, 6.45) is 8.87. The first-order valence-corrected chi connectivity index (χ1v) is 8.45. The van der Waals surface area contributed by atoms with Crippen molar-refractivity contribution in [2.24, 2.45) is 0 Å². The van der Waals surface area contributed by atoms with Crippen molar-refractivity contribution in [2.75, 3.05) is 13.1 Å². The van der Waals surface area contributed by atoms with Crippen molar-refractivity contribution in [3.05, 3.63) is 12.2 Å². The molecule has 1 amide bonds. The second-order valence-electron chi connectivity index (χ2n) is 6.09. The molecule has 2 unspecified atom stereocenters. The highest BCUT2D eigenvalue weighted by atomic mass is 31.0. The molecule has 0 aromatic heterocycles. The minimum atomic E-state index is -0.730. The van der Waals surface area contributed by atoms with Crippen molar-refractivity contribution in [2.45, 2.75) is 55.9 Å². The zero-order valence-corrected chi connectivity index (χ0v) is 13.3. The molecule has 0 aromatic carbocycles. The van der Waals surface area contributed by atoms with Gasteiger partial charge < -0.3 is 10.0 Å². The van der Waals surface area contributed by atoms with Crippen LogP contribution in [0.2, 0.25) is 0 Å². The molecule has 6 nitrogen and oxygen atoms in total. The lowest BCUT2D eigenvalue weighted by Gasteiger charge is -2.30. The number of nitrogens with one attached hydrogen (secondary N) is 3. The van der Waals surface area contributed by atoms with Crippen LogP contribution >= 0.6 is 9.24 Å². The molecule has 0 radical (unpaired) electrons. The maximum Gasteiger partial charge on any atom is 0.236 e. The molecule has 2 aliphatic heterocycles. The van der Waals surface area contributed by atoms with Gasteiger partial charge in [-0.05, 0) is 25.7 Å². The summed E-state index contributed by atoms with van der Waals surface area (Å²) in [5.41, 5.74) is 0. The van der Waals surface area contributed by atoms with Crippen LogP contribution in [0.3, 0.4) is 0 Å². The summed E-state index contributed by atoms with van der Waals surface area (Å²) in [6, 6.07) is 1.20. The molecule has 0 aromatic rings. The number of aliphatic hydroxyl groups excluding tert-OH is 1. The first-order chi connectivity index (χ1) is 10.1. The van der Waals surface area contributed by atoms with Gasteiger partial charge in [0.25, 0.3) is 0 Å². The fourth-order valence-corrected chi connectivity index (χ4v) is 3.77. The number of carbonyl (C=O) groups is 1. The average Bonchev–Trinajstić information content (AvgIpc) is 3.10. The number of amides is 1. The maximum absolute atomic E-state index is 12.3. The second kappa shape index (κ2) is 6.71. The number of hydrogen-bond acceptors (Lipinski definition) is 5. The van der Waals surface area contributed by atoms with E-state index in [9.17, 15) is 9.90 Å². The van der Waals surface area contributed by atoms with Crippen molar-refractivity contribution in [3.8, 4) is 0 Å². The third-order valence-corrected chi connectivity index (χ3v) is 4.92. The van der Waals surface area contributed by atoms with Crippen molar-refractivity contribution in [3.63, 3.8) is 0 Å². The van der Waals surface area contributed by atoms with Gasteiger partial charge in [-0.15, -0.1) is 0 Å². The highest BCUT2D eigenvalue weighted by Gasteiger charge is 2.41. The van der Waals surface area contributed by atoms with Gasteiger partial charge in [-0.25, -0.2) is 0 Å². The van der Waals surface area contributed by atoms with Crippen LogP contribution in [0.25, 0.3) is 0 Å². The van der Waals surface area contributed by atoms with Gasteiger partial charge in [-0.3, -0.25) is 20.7 Å². The summed E-state index contributed by atoms with van der Waals surface area (Å²) >= 11 is 0. The Morgan fingerprint density at radius 2 is 2.05 bits per heavy atom. The molecule has 4 N–H and O–H groups in total. The van der Waals surface area contributed by atoms with Gasteiger partial charge in [0.2, 0.25) is 5.91 Å². The van der Waals surface area contributed by atoms with Gasteiger partial charge >= 0.3 is 0 Å². The summed E-state index contributed by atoms with van der Waals surface area (Å²) in [4.78, 5) is 14.3. The van der Waals surface area contributed by atoms with E-state index >= 15 is 0 Å². The fraction of sp³-hybridized carbons (Fsp3) is 0.786. The van der Waals surface area contributed by atoms with Gasteiger partial charge in [-0.1, -0.05) is 21.4 Å². The lowest BCUT2D eigenvalue weighted by molar-refractivity contribution is -0.132. The SMILES string of the molecule is O=C(CN[C@@H](O)P)N1CCC[C@H]1C1N[C@H]2CC=CC[C@H]2N1. The van der Waals surface area contributed by atoms with E-state index in [-0.39, 0.29) is 24.7 Å². The molecular weight excluding hydrogens is 287 g/mol. The quantitative estimate of drug-likeness (QED) is 0.314. The van der Waals surface area contributed by atoms with Crippen LogP contribution in [0.5, 0.6) is 0 Å². The largest absolute Gasteiger partial charge is 0.375 e. The molecule has 3 aliphatic rings. The molecule has 6 atom stereocenters. The number of fused-ring (bicyclic) bond motifs is 1. The number of aliphatic hydroxyl groups is 1. The number of hydrogen-bond donors (Lipinski definition) is 4. The lowest BCUT2D eigenvalue weighted by atomic mass is 9.98. The highest BCUT2D eigenvalue weighted by molar-refractivity contribution is 7.17. The number of likely N-dealkylation sites (tertiary alicyclic amines) is 1. The minimum Gasteiger partial charge on any atom is -0.375 e. The number of rotatable bonds is 4. The Kier molecular flexibility index (Phi) is 4.92. The maximum atomic E-state index is 12.3. The normalized spacial score (nSPS) is 36.8. The summed E-state index contributed by atoms with van der Waals surface area (Å²) in [6.45, 7) is 0.994. The first kappa shape index (κ1) is 15.4. The van der Waals surface area contributed by atoms with Crippen LogP contribution in [-0.4, -0.2) is 59.3 Å². The van der Waals surface area contributed by atoms with Gasteiger partial charge in [0, 0.05) is 18.6 Å². The predicted octanol–water partition coefficient (Wildman–Crippen LogP) is -0.676. The molecule has 3 rings (SSSR count). The summed E-state index contributed by atoms with van der Waals surface area (Å²) in [5, 5.41) is 19.3. The average molecular weight is 312 g/mol. The van der Waals surface area contributed by atoms with Gasteiger partial charge in [0.15, 0.2) is 0 Å². The molecule has 1 aliphatic carbocycles. The standard InChI is InChI=1S/C14H25N4O2P/c19-12(8-15-14(20)21)18-7-3-6-11(18)13-16-9-4-1-2-5-10(9)17-13/h1-2,9-11,13-17,20H,3-8,21H2/t9-,10+,11-,13?,14-/m0/s1. The van der Waals surface area contributed by atoms with Crippen molar-refractivity contribution in [1.82, 2.24) is 20.9 Å². The molecular formula is C14H25N4O2P. The van der Waals surface area contributed by atoms with Crippen molar-refractivity contribution in [1.29, 1.82) is 0 Å². The van der Waals surface area contributed by atoms with E-state index in [1.165, 1.54) is 0 Å². The van der Waals surface area contributed by atoms with E-state index in [4.69, 9.17) is 0 Å². The summed E-state index contributed by atoms with van der Waals surface area (Å²) in [7, 11) is 2.23. The monoisotopic (exact) mass is 312 g/mol. The van der Waals surface area contributed by atoms with Crippen LogP contribution < -0.4 is 16.0 Å². The van der Waals surface area contributed by atoms with Crippen molar-refractivity contribution < 1.29 is 9.90 Å². The summed E-state index contributed by atoms with van der Waals surface area (Å²) in [5.74, 6) is -0.665. The summed E-state index contributed by atoms with van der Waals surface area (Å²) < 4.78 is 0. The Hall–Kier alpha value is -0.520. The third kappa shape index (κ3) is 3.46. The van der Waals surface area contributed by atoms with E-state index in [0.29, 0.717) is 12.1 Å². The Morgan fingerprint density at radius 1 is 1.38 bits per heavy atom. The Morgan fingerprint density at radius 3 is 2.67 bits per heavy atom.